The topological polar surface area (TPSA) is 21.3 Å². The van der Waals surface area contributed by atoms with Crippen molar-refractivity contribution in [3.05, 3.63) is 29.8 Å². The molecule has 2 unspecified atom stereocenters. The Morgan fingerprint density at radius 3 is 2.78 bits per heavy atom. The molecular weight excluding hydrogens is 222 g/mol. The first-order valence-corrected chi connectivity index (χ1v) is 7.11. The highest BCUT2D eigenvalue weighted by molar-refractivity contribution is 5.37. The van der Waals surface area contributed by atoms with Crippen molar-refractivity contribution >= 4 is 0 Å². The van der Waals surface area contributed by atoms with Crippen LogP contribution < -0.4 is 10.1 Å². The van der Waals surface area contributed by atoms with Crippen molar-refractivity contribution in [1.29, 1.82) is 0 Å². The van der Waals surface area contributed by atoms with Crippen molar-refractivity contribution in [2.75, 3.05) is 7.05 Å². The van der Waals surface area contributed by atoms with E-state index >= 15 is 0 Å². The minimum absolute atomic E-state index is 0.380. The van der Waals surface area contributed by atoms with E-state index in [4.69, 9.17) is 4.74 Å². The molecule has 1 N–H and O–H groups in total. The minimum Gasteiger partial charge on any atom is -0.490 e. The zero-order valence-corrected chi connectivity index (χ0v) is 11.8. The van der Waals surface area contributed by atoms with E-state index in [-0.39, 0.29) is 0 Å². The molecule has 0 fully saturated rings. The fourth-order valence-electron chi connectivity index (χ4n) is 2.75. The predicted molar refractivity (Wildman–Crippen MR) is 76.1 cm³/mol. The molecule has 1 aliphatic heterocycles. The van der Waals surface area contributed by atoms with Crippen molar-refractivity contribution in [3.63, 3.8) is 0 Å². The number of ether oxygens (including phenoxy) is 1. The smallest absolute Gasteiger partial charge is 0.123 e. The average molecular weight is 247 g/mol. The molecule has 1 heterocycles. The van der Waals surface area contributed by atoms with Crippen LogP contribution in [0.15, 0.2) is 24.3 Å². The molecule has 0 radical (unpaired) electrons. The first-order chi connectivity index (χ1) is 8.69. The number of fused-ring (bicyclic) bond motifs is 1. The van der Waals surface area contributed by atoms with E-state index < -0.39 is 0 Å². The van der Waals surface area contributed by atoms with Gasteiger partial charge in [0, 0.05) is 12.5 Å². The molecule has 0 aromatic heterocycles. The summed E-state index contributed by atoms with van der Waals surface area (Å²) in [7, 11) is 2.07. The minimum atomic E-state index is 0.380. The standard InChI is InChI=1S/C16H25NO/c1-12(2)10-14(17-3)8-9-15-11-13-6-4-5-7-16(13)18-15/h4-7,12,14-15,17H,8-11H2,1-3H3. The summed E-state index contributed by atoms with van der Waals surface area (Å²) in [4.78, 5) is 0. The Kier molecular flexibility index (Phi) is 4.65. The van der Waals surface area contributed by atoms with E-state index in [1.807, 2.05) is 0 Å². The van der Waals surface area contributed by atoms with Crippen LogP contribution >= 0.6 is 0 Å². The lowest BCUT2D eigenvalue weighted by molar-refractivity contribution is 0.208. The Bertz CT molecular complexity index is 350. The van der Waals surface area contributed by atoms with Gasteiger partial charge < -0.3 is 10.1 Å². The summed E-state index contributed by atoms with van der Waals surface area (Å²) in [5.41, 5.74) is 1.37. The zero-order valence-electron chi connectivity index (χ0n) is 11.8. The molecule has 1 aliphatic rings. The molecule has 2 rings (SSSR count). The number of hydrogen-bond donors (Lipinski definition) is 1. The van der Waals surface area contributed by atoms with Gasteiger partial charge in [-0.1, -0.05) is 32.0 Å². The molecule has 0 saturated carbocycles. The lowest BCUT2D eigenvalue weighted by Crippen LogP contribution is -2.28. The third-order valence-electron chi connectivity index (χ3n) is 3.72. The van der Waals surface area contributed by atoms with Gasteiger partial charge in [0.1, 0.15) is 11.9 Å². The summed E-state index contributed by atoms with van der Waals surface area (Å²) in [6.45, 7) is 4.57. The maximum Gasteiger partial charge on any atom is 0.123 e. The summed E-state index contributed by atoms with van der Waals surface area (Å²) >= 11 is 0. The summed E-state index contributed by atoms with van der Waals surface area (Å²) in [5.74, 6) is 1.84. The molecular formula is C16H25NO. The maximum atomic E-state index is 5.98. The summed E-state index contributed by atoms with van der Waals surface area (Å²) in [6, 6.07) is 9.03. The Balaban J connectivity index is 1.79. The second-order valence-corrected chi connectivity index (χ2v) is 5.74. The van der Waals surface area contributed by atoms with Gasteiger partial charge in [0.15, 0.2) is 0 Å². The lowest BCUT2D eigenvalue weighted by atomic mass is 9.97. The van der Waals surface area contributed by atoms with Crippen LogP contribution in [0, 0.1) is 5.92 Å². The van der Waals surface area contributed by atoms with Gasteiger partial charge in [-0.3, -0.25) is 0 Å². The van der Waals surface area contributed by atoms with Gasteiger partial charge in [0.2, 0.25) is 0 Å². The van der Waals surface area contributed by atoms with E-state index in [0.29, 0.717) is 12.1 Å². The third kappa shape index (κ3) is 3.49. The molecule has 0 saturated heterocycles. The summed E-state index contributed by atoms with van der Waals surface area (Å²) in [6.07, 6.45) is 5.05. The number of hydrogen-bond acceptors (Lipinski definition) is 2. The summed E-state index contributed by atoms with van der Waals surface area (Å²) < 4.78 is 5.98. The maximum absolute atomic E-state index is 5.98. The molecule has 0 amide bonds. The van der Waals surface area contributed by atoms with Crippen LogP contribution in [0.2, 0.25) is 0 Å². The Hall–Kier alpha value is -1.02. The van der Waals surface area contributed by atoms with Gasteiger partial charge in [-0.2, -0.15) is 0 Å². The number of para-hydroxylation sites is 1. The molecule has 100 valence electrons. The van der Waals surface area contributed by atoms with Crippen molar-refractivity contribution in [1.82, 2.24) is 5.32 Å². The number of nitrogens with one attached hydrogen (secondary N) is 1. The second kappa shape index (κ2) is 6.24. The highest BCUT2D eigenvalue weighted by atomic mass is 16.5. The third-order valence-corrected chi connectivity index (χ3v) is 3.72. The largest absolute Gasteiger partial charge is 0.490 e. The van der Waals surface area contributed by atoms with Crippen molar-refractivity contribution in [3.8, 4) is 5.75 Å². The van der Waals surface area contributed by atoms with Gasteiger partial charge in [0.25, 0.3) is 0 Å². The van der Waals surface area contributed by atoms with Crippen molar-refractivity contribution < 1.29 is 4.74 Å². The molecule has 1 aromatic rings. The molecule has 1 aromatic carbocycles. The van der Waals surface area contributed by atoms with Crippen LogP contribution in [0.25, 0.3) is 0 Å². The number of benzene rings is 1. The molecule has 2 heteroatoms. The predicted octanol–water partition coefficient (Wildman–Crippen LogP) is 3.40. The molecule has 0 spiro atoms. The van der Waals surface area contributed by atoms with Gasteiger partial charge in [0.05, 0.1) is 0 Å². The van der Waals surface area contributed by atoms with Crippen LogP contribution in [0.3, 0.4) is 0 Å². The van der Waals surface area contributed by atoms with Gasteiger partial charge in [-0.25, -0.2) is 0 Å². The van der Waals surface area contributed by atoms with Crippen LogP contribution in [-0.4, -0.2) is 19.2 Å². The van der Waals surface area contributed by atoms with Gasteiger partial charge in [-0.05, 0) is 43.9 Å². The highest BCUT2D eigenvalue weighted by Gasteiger charge is 2.23. The fourth-order valence-corrected chi connectivity index (χ4v) is 2.75. The average Bonchev–Trinajstić information content (AvgIpc) is 2.76. The molecule has 2 atom stereocenters. The van der Waals surface area contributed by atoms with Crippen molar-refractivity contribution in [2.45, 2.75) is 51.7 Å². The van der Waals surface area contributed by atoms with E-state index in [1.54, 1.807) is 0 Å². The van der Waals surface area contributed by atoms with E-state index in [0.717, 1.165) is 24.5 Å². The molecule has 0 bridgehead atoms. The summed E-state index contributed by atoms with van der Waals surface area (Å²) in [5, 5.41) is 3.42. The first kappa shape index (κ1) is 13.4. The van der Waals surface area contributed by atoms with Crippen LogP contribution in [-0.2, 0) is 6.42 Å². The zero-order chi connectivity index (χ0) is 13.0. The first-order valence-electron chi connectivity index (χ1n) is 7.11. The molecule has 2 nitrogen and oxygen atoms in total. The van der Waals surface area contributed by atoms with Crippen LogP contribution in [0.4, 0.5) is 0 Å². The normalized spacial score (nSPS) is 19.7. The van der Waals surface area contributed by atoms with Gasteiger partial charge in [-0.15, -0.1) is 0 Å². The van der Waals surface area contributed by atoms with Gasteiger partial charge >= 0.3 is 0 Å². The fraction of sp³-hybridized carbons (Fsp3) is 0.625. The quantitative estimate of drug-likeness (QED) is 0.832. The van der Waals surface area contributed by atoms with Crippen molar-refractivity contribution in [2.24, 2.45) is 5.92 Å². The van der Waals surface area contributed by atoms with Crippen LogP contribution in [0.5, 0.6) is 5.75 Å². The number of rotatable bonds is 6. The molecule has 0 aliphatic carbocycles. The monoisotopic (exact) mass is 247 g/mol. The Labute approximate surface area is 111 Å². The van der Waals surface area contributed by atoms with Crippen LogP contribution in [0.1, 0.15) is 38.7 Å². The molecule has 18 heavy (non-hydrogen) atoms. The highest BCUT2D eigenvalue weighted by Crippen LogP contribution is 2.30. The Morgan fingerprint density at radius 2 is 2.11 bits per heavy atom. The Morgan fingerprint density at radius 1 is 1.33 bits per heavy atom. The van der Waals surface area contributed by atoms with E-state index in [1.165, 1.54) is 18.4 Å². The van der Waals surface area contributed by atoms with E-state index in [9.17, 15) is 0 Å². The SMILES string of the molecule is CNC(CCC1Cc2ccccc2O1)CC(C)C. The second-order valence-electron chi connectivity index (χ2n) is 5.74. The van der Waals surface area contributed by atoms with E-state index in [2.05, 4.69) is 50.5 Å². The lowest BCUT2D eigenvalue weighted by Gasteiger charge is -2.20.